The van der Waals surface area contributed by atoms with Crippen molar-refractivity contribution in [3.8, 4) is 0 Å². The van der Waals surface area contributed by atoms with Gasteiger partial charge in [0.2, 0.25) is 0 Å². The maximum absolute atomic E-state index is 6.54. The van der Waals surface area contributed by atoms with Crippen molar-refractivity contribution in [2.75, 3.05) is 0 Å². The van der Waals surface area contributed by atoms with E-state index >= 15 is 0 Å². The molecule has 1 aromatic carbocycles. The second-order valence-corrected chi connectivity index (χ2v) is 5.84. The molecule has 0 saturated heterocycles. The molecule has 0 radical (unpaired) electrons. The summed E-state index contributed by atoms with van der Waals surface area (Å²) >= 11 is 6.03. The zero-order valence-corrected chi connectivity index (χ0v) is 10.2. The molecule has 2 atom stereocenters. The molecular weight excluding hydrogens is 218 g/mol. The Labute approximate surface area is 102 Å². The SMILES string of the molecule is NC1(C2CCCC2)CC1c1cccc(Cl)c1. The zero-order valence-electron chi connectivity index (χ0n) is 9.45. The molecule has 0 spiro atoms. The van der Waals surface area contributed by atoms with Crippen molar-refractivity contribution in [3.05, 3.63) is 34.9 Å². The highest BCUT2D eigenvalue weighted by atomic mass is 35.5. The molecule has 16 heavy (non-hydrogen) atoms. The zero-order chi connectivity index (χ0) is 11.2. The molecule has 0 heterocycles. The molecule has 2 N–H and O–H groups in total. The highest BCUT2D eigenvalue weighted by molar-refractivity contribution is 6.30. The first-order valence-corrected chi connectivity index (χ1v) is 6.62. The number of nitrogens with two attached hydrogens (primary N) is 1. The largest absolute Gasteiger partial charge is 0.324 e. The Hall–Kier alpha value is -0.530. The highest BCUT2D eigenvalue weighted by Crippen LogP contribution is 2.57. The topological polar surface area (TPSA) is 26.0 Å². The van der Waals surface area contributed by atoms with Gasteiger partial charge in [0, 0.05) is 16.5 Å². The molecular formula is C14H18ClN. The maximum atomic E-state index is 6.54. The third-order valence-corrected chi connectivity index (χ3v) is 4.65. The standard InChI is InChI=1S/C14H18ClN/c15-12-7-3-4-10(8-12)13-9-14(13,16)11-5-1-2-6-11/h3-4,7-8,11,13H,1-2,5-6,9,16H2. The van der Waals surface area contributed by atoms with Crippen LogP contribution in [-0.4, -0.2) is 5.54 Å². The van der Waals surface area contributed by atoms with E-state index < -0.39 is 0 Å². The van der Waals surface area contributed by atoms with Crippen molar-refractivity contribution < 1.29 is 0 Å². The Morgan fingerprint density at radius 3 is 2.69 bits per heavy atom. The summed E-state index contributed by atoms with van der Waals surface area (Å²) in [6, 6.07) is 8.21. The third kappa shape index (κ3) is 1.66. The van der Waals surface area contributed by atoms with E-state index in [1.165, 1.54) is 31.2 Å². The first-order valence-electron chi connectivity index (χ1n) is 6.24. The van der Waals surface area contributed by atoms with Crippen LogP contribution in [0.25, 0.3) is 0 Å². The Morgan fingerprint density at radius 2 is 2.00 bits per heavy atom. The Morgan fingerprint density at radius 1 is 1.25 bits per heavy atom. The van der Waals surface area contributed by atoms with E-state index in [0.29, 0.717) is 5.92 Å². The minimum absolute atomic E-state index is 0.0845. The summed E-state index contributed by atoms with van der Waals surface area (Å²) in [6.07, 6.45) is 6.54. The van der Waals surface area contributed by atoms with Gasteiger partial charge in [-0.2, -0.15) is 0 Å². The van der Waals surface area contributed by atoms with E-state index in [1.807, 2.05) is 12.1 Å². The van der Waals surface area contributed by atoms with E-state index in [9.17, 15) is 0 Å². The van der Waals surface area contributed by atoms with Gasteiger partial charge in [0.1, 0.15) is 0 Å². The van der Waals surface area contributed by atoms with E-state index in [4.69, 9.17) is 17.3 Å². The van der Waals surface area contributed by atoms with Crippen LogP contribution in [0, 0.1) is 5.92 Å². The van der Waals surface area contributed by atoms with Gasteiger partial charge < -0.3 is 5.73 Å². The molecule has 86 valence electrons. The lowest BCUT2D eigenvalue weighted by atomic mass is 9.92. The van der Waals surface area contributed by atoms with Gasteiger partial charge in [-0.3, -0.25) is 0 Å². The fraction of sp³-hybridized carbons (Fsp3) is 0.571. The lowest BCUT2D eigenvalue weighted by molar-refractivity contribution is 0.404. The molecule has 1 nitrogen and oxygen atoms in total. The Bertz CT molecular complexity index is 397. The van der Waals surface area contributed by atoms with Gasteiger partial charge in [-0.05, 0) is 42.9 Å². The van der Waals surface area contributed by atoms with Crippen LogP contribution in [0.1, 0.15) is 43.6 Å². The molecule has 0 aromatic heterocycles. The van der Waals surface area contributed by atoms with Gasteiger partial charge in [-0.25, -0.2) is 0 Å². The summed E-state index contributed by atoms with van der Waals surface area (Å²) in [5.41, 5.74) is 7.95. The Balaban J connectivity index is 1.79. The average Bonchev–Trinajstić information content (AvgIpc) is 2.76. The van der Waals surface area contributed by atoms with Crippen LogP contribution in [0.3, 0.4) is 0 Å². The molecule has 0 amide bonds. The first-order chi connectivity index (χ1) is 7.70. The van der Waals surface area contributed by atoms with Crippen molar-refractivity contribution in [1.82, 2.24) is 0 Å². The molecule has 2 aliphatic carbocycles. The number of rotatable bonds is 2. The summed E-state index contributed by atoms with van der Waals surface area (Å²) in [4.78, 5) is 0. The summed E-state index contributed by atoms with van der Waals surface area (Å²) in [5.74, 6) is 1.30. The number of hydrogen-bond donors (Lipinski definition) is 1. The van der Waals surface area contributed by atoms with E-state index in [0.717, 1.165) is 17.4 Å². The summed E-state index contributed by atoms with van der Waals surface area (Å²) in [6.45, 7) is 0. The van der Waals surface area contributed by atoms with Crippen LogP contribution in [0.2, 0.25) is 5.02 Å². The van der Waals surface area contributed by atoms with Gasteiger partial charge >= 0.3 is 0 Å². The molecule has 0 aliphatic heterocycles. The normalized spacial score (nSPS) is 34.2. The molecule has 0 bridgehead atoms. The minimum Gasteiger partial charge on any atom is -0.324 e. The average molecular weight is 236 g/mol. The van der Waals surface area contributed by atoms with Crippen LogP contribution < -0.4 is 5.73 Å². The van der Waals surface area contributed by atoms with Crippen molar-refractivity contribution in [2.24, 2.45) is 11.7 Å². The molecule has 3 rings (SSSR count). The monoisotopic (exact) mass is 235 g/mol. The number of halogens is 1. The number of benzene rings is 1. The van der Waals surface area contributed by atoms with Gasteiger partial charge in [-0.1, -0.05) is 36.6 Å². The number of hydrogen-bond acceptors (Lipinski definition) is 1. The quantitative estimate of drug-likeness (QED) is 0.831. The second kappa shape index (κ2) is 3.75. The fourth-order valence-electron chi connectivity index (χ4n) is 3.36. The lowest BCUT2D eigenvalue weighted by Gasteiger charge is -2.19. The van der Waals surface area contributed by atoms with E-state index in [1.54, 1.807) is 0 Å². The predicted octanol–water partition coefficient (Wildman–Crippen LogP) is 3.72. The lowest BCUT2D eigenvalue weighted by Crippen LogP contribution is -2.32. The molecule has 2 saturated carbocycles. The third-order valence-electron chi connectivity index (χ3n) is 4.41. The van der Waals surface area contributed by atoms with Crippen molar-refractivity contribution in [1.29, 1.82) is 0 Å². The van der Waals surface area contributed by atoms with Crippen LogP contribution in [-0.2, 0) is 0 Å². The van der Waals surface area contributed by atoms with Gasteiger partial charge in [-0.15, -0.1) is 0 Å². The van der Waals surface area contributed by atoms with Gasteiger partial charge in [0.15, 0.2) is 0 Å². The minimum atomic E-state index is 0.0845. The van der Waals surface area contributed by atoms with Crippen molar-refractivity contribution >= 4 is 11.6 Å². The Kier molecular flexibility index (Phi) is 2.49. The molecule has 2 heteroatoms. The van der Waals surface area contributed by atoms with E-state index in [2.05, 4.69) is 12.1 Å². The van der Waals surface area contributed by atoms with Crippen LogP contribution in [0.15, 0.2) is 24.3 Å². The van der Waals surface area contributed by atoms with Crippen molar-refractivity contribution in [2.45, 2.75) is 43.6 Å². The van der Waals surface area contributed by atoms with Crippen LogP contribution in [0.4, 0.5) is 0 Å². The molecule has 2 fully saturated rings. The van der Waals surface area contributed by atoms with E-state index in [-0.39, 0.29) is 5.54 Å². The smallest absolute Gasteiger partial charge is 0.0408 e. The molecule has 2 unspecified atom stereocenters. The highest BCUT2D eigenvalue weighted by Gasteiger charge is 2.56. The first kappa shape index (κ1) is 10.6. The molecule has 1 aromatic rings. The summed E-state index contributed by atoms with van der Waals surface area (Å²) < 4.78 is 0. The second-order valence-electron chi connectivity index (χ2n) is 5.41. The van der Waals surface area contributed by atoms with Crippen LogP contribution in [0.5, 0.6) is 0 Å². The predicted molar refractivity (Wildman–Crippen MR) is 67.7 cm³/mol. The maximum Gasteiger partial charge on any atom is 0.0408 e. The fourth-order valence-corrected chi connectivity index (χ4v) is 3.56. The van der Waals surface area contributed by atoms with Crippen LogP contribution >= 0.6 is 11.6 Å². The summed E-state index contributed by atoms with van der Waals surface area (Å²) in [5, 5.41) is 0.832. The van der Waals surface area contributed by atoms with Gasteiger partial charge in [0.25, 0.3) is 0 Å². The summed E-state index contributed by atoms with van der Waals surface area (Å²) in [7, 11) is 0. The van der Waals surface area contributed by atoms with Crippen molar-refractivity contribution in [3.63, 3.8) is 0 Å². The van der Waals surface area contributed by atoms with Gasteiger partial charge in [0.05, 0.1) is 0 Å². The molecule has 2 aliphatic rings.